The summed E-state index contributed by atoms with van der Waals surface area (Å²) in [4.78, 5) is 7.84. The molecule has 4 rings (SSSR count). The predicted molar refractivity (Wildman–Crippen MR) is 140 cm³/mol. The molecule has 1 unspecified atom stereocenters. The first-order valence-electron chi connectivity index (χ1n) is 14.6. The van der Waals surface area contributed by atoms with Crippen LogP contribution in [0.1, 0.15) is 64.2 Å². The van der Waals surface area contributed by atoms with Crippen LogP contribution < -0.4 is 16.1 Å². The van der Waals surface area contributed by atoms with Crippen LogP contribution in [0.25, 0.3) is 0 Å². The smallest absolute Gasteiger partial charge is 0.138 e. The molecule has 4 fully saturated rings. The van der Waals surface area contributed by atoms with E-state index in [9.17, 15) is 0 Å². The van der Waals surface area contributed by atoms with Gasteiger partial charge in [0.1, 0.15) is 5.79 Å². The third-order valence-electron chi connectivity index (χ3n) is 8.22. The van der Waals surface area contributed by atoms with Gasteiger partial charge in [0.25, 0.3) is 0 Å². The number of morpholine rings is 1. The molecule has 4 aliphatic heterocycles. The van der Waals surface area contributed by atoms with Crippen LogP contribution in [0, 0.1) is 0 Å². The largest absolute Gasteiger partial charge is 0.379 e. The second-order valence-electron chi connectivity index (χ2n) is 10.8. The molecule has 0 aromatic carbocycles. The van der Waals surface area contributed by atoms with Gasteiger partial charge < -0.3 is 14.5 Å². The van der Waals surface area contributed by atoms with E-state index in [2.05, 4.69) is 35.8 Å². The van der Waals surface area contributed by atoms with Gasteiger partial charge in [0.15, 0.2) is 0 Å². The van der Waals surface area contributed by atoms with Gasteiger partial charge in [-0.15, -0.1) is 0 Å². The fourth-order valence-corrected chi connectivity index (χ4v) is 6.19. The number of likely N-dealkylation sites (tertiary alicyclic amines) is 2. The molecule has 3 N–H and O–H groups in total. The van der Waals surface area contributed by atoms with E-state index in [4.69, 9.17) is 4.74 Å². The van der Waals surface area contributed by atoms with Crippen molar-refractivity contribution < 1.29 is 4.74 Å². The van der Waals surface area contributed by atoms with E-state index in [1.54, 1.807) is 0 Å². The standard InChI is InChI=1S/C26H53N7O/c1-2-14-30(15-3-1)18-7-11-27-26(28-12-8-19-32-22-24-34-25-23-32)10-6-21-33(26)29-13-9-20-31-16-4-5-17-31/h27-29H,1-25H2. The van der Waals surface area contributed by atoms with Crippen molar-refractivity contribution in [3.63, 3.8) is 0 Å². The van der Waals surface area contributed by atoms with Crippen LogP contribution in [0.5, 0.6) is 0 Å². The molecule has 198 valence electrons. The predicted octanol–water partition coefficient (Wildman–Crippen LogP) is 1.50. The third kappa shape index (κ3) is 8.66. The van der Waals surface area contributed by atoms with Crippen LogP contribution in [0.4, 0.5) is 0 Å². The van der Waals surface area contributed by atoms with E-state index in [-0.39, 0.29) is 5.79 Å². The number of hydrogen-bond donors (Lipinski definition) is 3. The highest BCUT2D eigenvalue weighted by atomic mass is 16.5. The number of nitrogens with one attached hydrogen (secondary N) is 3. The van der Waals surface area contributed by atoms with Gasteiger partial charge >= 0.3 is 0 Å². The van der Waals surface area contributed by atoms with Crippen molar-refractivity contribution in [1.29, 1.82) is 0 Å². The highest BCUT2D eigenvalue weighted by molar-refractivity contribution is 4.90. The molecule has 0 radical (unpaired) electrons. The summed E-state index contributed by atoms with van der Waals surface area (Å²) in [5.41, 5.74) is 3.82. The minimum Gasteiger partial charge on any atom is -0.379 e. The van der Waals surface area contributed by atoms with Crippen molar-refractivity contribution in [3.8, 4) is 0 Å². The maximum absolute atomic E-state index is 5.51. The Balaban J connectivity index is 1.21. The van der Waals surface area contributed by atoms with Crippen LogP contribution in [-0.2, 0) is 4.74 Å². The van der Waals surface area contributed by atoms with Crippen molar-refractivity contribution in [2.45, 2.75) is 70.0 Å². The molecule has 34 heavy (non-hydrogen) atoms. The maximum atomic E-state index is 5.51. The van der Waals surface area contributed by atoms with Crippen LogP contribution in [0.15, 0.2) is 0 Å². The Kier molecular flexibility index (Phi) is 11.8. The Morgan fingerprint density at radius 1 is 0.559 bits per heavy atom. The number of piperidine rings is 1. The SMILES string of the molecule is C1CCN(CCCNC2(NCCCN3CCOCC3)CCCN2NCCCN2CCCC2)CC1. The van der Waals surface area contributed by atoms with Crippen molar-refractivity contribution in [2.24, 2.45) is 0 Å². The van der Waals surface area contributed by atoms with Crippen LogP contribution in [0.3, 0.4) is 0 Å². The Labute approximate surface area is 209 Å². The zero-order valence-electron chi connectivity index (χ0n) is 21.9. The quantitative estimate of drug-likeness (QED) is 0.241. The Morgan fingerprint density at radius 3 is 1.71 bits per heavy atom. The van der Waals surface area contributed by atoms with Gasteiger partial charge in [-0.1, -0.05) is 6.42 Å². The fourth-order valence-electron chi connectivity index (χ4n) is 6.19. The second kappa shape index (κ2) is 15.1. The highest BCUT2D eigenvalue weighted by Crippen LogP contribution is 2.23. The summed E-state index contributed by atoms with van der Waals surface area (Å²) < 4.78 is 5.51. The highest BCUT2D eigenvalue weighted by Gasteiger charge is 2.40. The van der Waals surface area contributed by atoms with Gasteiger partial charge in [0.2, 0.25) is 0 Å². The molecular weight excluding hydrogens is 426 g/mol. The van der Waals surface area contributed by atoms with E-state index in [0.29, 0.717) is 0 Å². The summed E-state index contributed by atoms with van der Waals surface area (Å²) in [6, 6.07) is 0. The first-order chi connectivity index (χ1) is 16.8. The van der Waals surface area contributed by atoms with Gasteiger partial charge in [-0.25, -0.2) is 5.01 Å². The average molecular weight is 480 g/mol. The topological polar surface area (TPSA) is 58.3 Å². The van der Waals surface area contributed by atoms with E-state index in [1.165, 1.54) is 110 Å². The molecule has 0 saturated carbocycles. The molecule has 0 amide bonds. The molecule has 1 atom stereocenters. The van der Waals surface area contributed by atoms with Gasteiger partial charge in [0.05, 0.1) is 13.2 Å². The van der Waals surface area contributed by atoms with Gasteiger partial charge in [0, 0.05) is 26.2 Å². The minimum atomic E-state index is -0.0967. The van der Waals surface area contributed by atoms with Crippen LogP contribution in [-0.4, -0.2) is 124 Å². The molecule has 0 aliphatic carbocycles. The van der Waals surface area contributed by atoms with Crippen LogP contribution in [0.2, 0.25) is 0 Å². The molecule has 4 saturated heterocycles. The Morgan fingerprint density at radius 2 is 1.09 bits per heavy atom. The summed E-state index contributed by atoms with van der Waals surface area (Å²) in [6.45, 7) is 17.2. The first kappa shape index (κ1) is 26.7. The summed E-state index contributed by atoms with van der Waals surface area (Å²) in [5.74, 6) is -0.0967. The van der Waals surface area contributed by atoms with Crippen molar-refractivity contribution in [1.82, 2.24) is 35.8 Å². The second-order valence-corrected chi connectivity index (χ2v) is 10.8. The summed E-state index contributed by atoms with van der Waals surface area (Å²) in [7, 11) is 0. The lowest BCUT2D eigenvalue weighted by atomic mass is 10.1. The summed E-state index contributed by atoms with van der Waals surface area (Å²) in [6.07, 6.45) is 13.1. The number of nitrogens with zero attached hydrogens (tertiary/aromatic N) is 4. The lowest BCUT2D eigenvalue weighted by molar-refractivity contribution is 0.0126. The summed E-state index contributed by atoms with van der Waals surface area (Å²) >= 11 is 0. The van der Waals surface area contributed by atoms with Crippen LogP contribution >= 0.6 is 0 Å². The fraction of sp³-hybridized carbons (Fsp3) is 1.00. The van der Waals surface area contributed by atoms with Gasteiger partial charge in [-0.05, 0) is 117 Å². The molecule has 8 nitrogen and oxygen atoms in total. The maximum Gasteiger partial charge on any atom is 0.138 e. The molecule has 0 aromatic rings. The van der Waals surface area contributed by atoms with Gasteiger partial charge in [-0.3, -0.25) is 21.0 Å². The van der Waals surface area contributed by atoms with E-state index in [0.717, 1.165) is 52.5 Å². The van der Waals surface area contributed by atoms with Crippen molar-refractivity contribution in [3.05, 3.63) is 0 Å². The Bertz CT molecular complexity index is 507. The molecule has 4 aliphatic rings. The van der Waals surface area contributed by atoms with Crippen molar-refractivity contribution >= 4 is 0 Å². The molecule has 0 spiro atoms. The number of ether oxygens (including phenoxy) is 1. The van der Waals surface area contributed by atoms with E-state index >= 15 is 0 Å². The lowest BCUT2D eigenvalue weighted by Gasteiger charge is -2.41. The summed E-state index contributed by atoms with van der Waals surface area (Å²) in [5, 5.41) is 10.5. The molecule has 8 heteroatoms. The zero-order valence-corrected chi connectivity index (χ0v) is 21.9. The Hall–Kier alpha value is -0.320. The molecular formula is C26H53N7O. The first-order valence-corrected chi connectivity index (χ1v) is 14.6. The van der Waals surface area contributed by atoms with Crippen molar-refractivity contribution in [2.75, 3.05) is 98.3 Å². The monoisotopic (exact) mass is 479 g/mol. The minimum absolute atomic E-state index is 0.0967. The van der Waals surface area contributed by atoms with Gasteiger partial charge in [-0.2, -0.15) is 0 Å². The van der Waals surface area contributed by atoms with E-state index in [1.807, 2.05) is 0 Å². The third-order valence-corrected chi connectivity index (χ3v) is 8.22. The molecule has 4 heterocycles. The lowest BCUT2D eigenvalue weighted by Crippen LogP contribution is -2.68. The average Bonchev–Trinajstić information content (AvgIpc) is 3.54. The zero-order chi connectivity index (χ0) is 23.3. The normalized spacial score (nSPS) is 28.2. The number of rotatable bonds is 15. The van der Waals surface area contributed by atoms with E-state index < -0.39 is 0 Å². The molecule has 0 bridgehead atoms. The number of hydrogen-bond acceptors (Lipinski definition) is 8. The molecule has 0 aromatic heterocycles. The number of hydrazine groups is 1.